The number of hydrogen-bond acceptors (Lipinski definition) is 4. The second-order valence-electron chi connectivity index (χ2n) is 9.19. The van der Waals surface area contributed by atoms with Gasteiger partial charge in [-0.05, 0) is 61.7 Å². The van der Waals surface area contributed by atoms with Crippen LogP contribution in [-0.2, 0) is 17.6 Å². The van der Waals surface area contributed by atoms with E-state index in [9.17, 15) is 14.9 Å². The monoisotopic (exact) mass is 504 g/mol. The van der Waals surface area contributed by atoms with E-state index in [2.05, 4.69) is 10.3 Å². The lowest BCUT2D eigenvalue weighted by atomic mass is 10.1. The average Bonchev–Trinajstić information content (AvgIpc) is 3.46. The highest BCUT2D eigenvalue weighted by molar-refractivity contribution is 6.01. The topological polar surface area (TPSA) is 108 Å². The van der Waals surface area contributed by atoms with Gasteiger partial charge in [0.05, 0.1) is 10.9 Å². The van der Waals surface area contributed by atoms with Crippen molar-refractivity contribution in [3.05, 3.63) is 105 Å². The lowest BCUT2D eigenvalue weighted by molar-refractivity contribution is -0.117. The van der Waals surface area contributed by atoms with Crippen LogP contribution in [0.2, 0.25) is 0 Å². The summed E-state index contributed by atoms with van der Waals surface area (Å²) in [6.07, 6.45) is 4.72. The summed E-state index contributed by atoms with van der Waals surface area (Å²) in [6, 6.07) is 19.2. The van der Waals surface area contributed by atoms with Gasteiger partial charge in [-0.25, -0.2) is 4.98 Å². The van der Waals surface area contributed by atoms with Crippen LogP contribution in [0.1, 0.15) is 35.3 Å². The van der Waals surface area contributed by atoms with Crippen molar-refractivity contribution in [1.29, 1.82) is 5.26 Å². The Hall–Kier alpha value is -4.90. The van der Waals surface area contributed by atoms with Crippen LogP contribution in [0, 0.1) is 25.2 Å². The van der Waals surface area contributed by atoms with E-state index in [1.54, 1.807) is 21.5 Å². The van der Waals surface area contributed by atoms with Crippen molar-refractivity contribution in [3.8, 4) is 6.07 Å². The molecule has 2 aromatic carbocycles. The number of nitrogens with one attached hydrogen (secondary N) is 2. The number of aromatic amines is 1. The summed E-state index contributed by atoms with van der Waals surface area (Å²) < 4.78 is 3.38. The van der Waals surface area contributed by atoms with Crippen molar-refractivity contribution in [2.75, 3.05) is 6.54 Å². The van der Waals surface area contributed by atoms with Crippen LogP contribution < -0.4 is 10.9 Å². The molecule has 0 unspecified atom stereocenters. The fourth-order valence-electron chi connectivity index (χ4n) is 4.88. The maximum absolute atomic E-state index is 13.5. The summed E-state index contributed by atoms with van der Waals surface area (Å²) >= 11 is 0. The zero-order valence-electron chi connectivity index (χ0n) is 21.6. The van der Waals surface area contributed by atoms with E-state index >= 15 is 0 Å². The Bertz CT molecular complexity index is 1810. The number of benzene rings is 2. The molecule has 2 N–H and O–H groups in total. The van der Waals surface area contributed by atoms with E-state index in [4.69, 9.17) is 4.98 Å². The van der Waals surface area contributed by atoms with E-state index in [1.165, 1.54) is 0 Å². The Labute approximate surface area is 219 Å². The van der Waals surface area contributed by atoms with Crippen molar-refractivity contribution in [3.63, 3.8) is 0 Å². The Morgan fingerprint density at radius 1 is 1.11 bits per heavy atom. The standard InChI is InChI=1S/C30H28N6O2/c1-4-28-34-27-12-8-6-10-25(27)30(38)36(28)35-19(2)15-22(20(35)3)16-23(17-31)29(37)32-14-13-21-18-33-26-11-7-5-9-24(21)26/h5-12,15-16,18,33H,4,13-14H2,1-3H3,(H,32,37)/b23-16-. The minimum Gasteiger partial charge on any atom is -0.361 e. The fourth-order valence-corrected chi connectivity index (χ4v) is 4.88. The molecule has 190 valence electrons. The van der Waals surface area contributed by atoms with Gasteiger partial charge in [0, 0.05) is 41.5 Å². The van der Waals surface area contributed by atoms with Gasteiger partial charge in [-0.2, -0.15) is 9.94 Å². The normalized spacial score (nSPS) is 11.7. The summed E-state index contributed by atoms with van der Waals surface area (Å²) in [6.45, 7) is 6.11. The van der Waals surface area contributed by atoms with Gasteiger partial charge in [-0.3, -0.25) is 14.3 Å². The molecule has 0 aliphatic heterocycles. The molecule has 5 aromatic rings. The fraction of sp³-hybridized carbons (Fsp3) is 0.200. The van der Waals surface area contributed by atoms with Gasteiger partial charge in [0.1, 0.15) is 17.5 Å². The zero-order chi connectivity index (χ0) is 26.8. The quantitative estimate of drug-likeness (QED) is 0.252. The van der Waals surface area contributed by atoms with Crippen LogP contribution in [0.15, 0.2) is 71.2 Å². The van der Waals surface area contributed by atoms with Crippen LogP contribution >= 0.6 is 0 Å². The summed E-state index contributed by atoms with van der Waals surface area (Å²) in [5, 5.41) is 14.3. The first-order valence-corrected chi connectivity index (χ1v) is 12.6. The molecule has 0 aliphatic carbocycles. The number of nitrogens with zero attached hydrogens (tertiary/aromatic N) is 4. The molecule has 8 heteroatoms. The second kappa shape index (κ2) is 10.2. The Morgan fingerprint density at radius 2 is 1.84 bits per heavy atom. The molecule has 0 bridgehead atoms. The third-order valence-electron chi connectivity index (χ3n) is 6.79. The number of fused-ring (bicyclic) bond motifs is 2. The minimum absolute atomic E-state index is 0.00359. The predicted octanol–water partition coefficient (Wildman–Crippen LogP) is 4.44. The molecule has 1 amide bonds. The van der Waals surface area contributed by atoms with Gasteiger partial charge < -0.3 is 10.3 Å². The molecule has 38 heavy (non-hydrogen) atoms. The minimum atomic E-state index is -0.434. The third-order valence-corrected chi connectivity index (χ3v) is 6.79. The number of rotatable bonds is 7. The van der Waals surface area contributed by atoms with E-state index < -0.39 is 5.91 Å². The maximum atomic E-state index is 13.5. The van der Waals surface area contributed by atoms with E-state index in [0.717, 1.165) is 27.9 Å². The SMILES string of the molecule is CCc1nc2ccccc2c(=O)n1-n1c(C)cc(/C=C(/C#N)C(=O)NCCc2c[nH]c3ccccc23)c1C. The van der Waals surface area contributed by atoms with Crippen molar-refractivity contribution < 1.29 is 4.79 Å². The summed E-state index contributed by atoms with van der Waals surface area (Å²) in [4.78, 5) is 34.3. The average molecular weight is 505 g/mol. The van der Waals surface area contributed by atoms with E-state index in [1.807, 2.05) is 81.6 Å². The molecule has 0 saturated carbocycles. The Morgan fingerprint density at radius 3 is 2.61 bits per heavy atom. The largest absolute Gasteiger partial charge is 0.361 e. The molecule has 0 aliphatic rings. The highest BCUT2D eigenvalue weighted by Crippen LogP contribution is 2.21. The zero-order valence-corrected chi connectivity index (χ0v) is 21.6. The molecule has 0 spiro atoms. The molecular weight excluding hydrogens is 476 g/mol. The second-order valence-corrected chi connectivity index (χ2v) is 9.19. The van der Waals surface area contributed by atoms with Crippen LogP contribution in [0.25, 0.3) is 27.9 Å². The summed E-state index contributed by atoms with van der Waals surface area (Å²) in [7, 11) is 0. The first-order valence-electron chi connectivity index (χ1n) is 12.6. The maximum Gasteiger partial charge on any atom is 0.280 e. The molecule has 0 radical (unpaired) electrons. The van der Waals surface area contributed by atoms with Crippen LogP contribution in [0.4, 0.5) is 0 Å². The highest BCUT2D eigenvalue weighted by atomic mass is 16.2. The number of carbonyl (C=O) groups is 1. The number of hydrogen-bond donors (Lipinski definition) is 2. The number of aryl methyl sites for hydroxylation is 2. The van der Waals surface area contributed by atoms with Crippen molar-refractivity contribution >= 4 is 33.8 Å². The van der Waals surface area contributed by atoms with Gasteiger partial charge in [-0.1, -0.05) is 37.3 Å². The molecule has 3 aromatic heterocycles. The van der Waals surface area contributed by atoms with E-state index in [0.29, 0.717) is 41.7 Å². The first kappa shape index (κ1) is 24.8. The summed E-state index contributed by atoms with van der Waals surface area (Å²) in [5.41, 5.74) is 4.86. The molecule has 0 atom stereocenters. The summed E-state index contributed by atoms with van der Waals surface area (Å²) in [5.74, 6) is 0.192. The number of amides is 1. The number of H-pyrrole nitrogens is 1. The van der Waals surface area contributed by atoms with Crippen LogP contribution in [-0.4, -0.2) is 31.8 Å². The lowest BCUT2D eigenvalue weighted by Crippen LogP contribution is -2.31. The van der Waals surface area contributed by atoms with Crippen molar-refractivity contribution in [1.82, 2.24) is 24.6 Å². The van der Waals surface area contributed by atoms with Gasteiger partial charge in [0.25, 0.3) is 11.5 Å². The lowest BCUT2D eigenvalue weighted by Gasteiger charge is -2.17. The molecule has 3 heterocycles. The Balaban J connectivity index is 1.42. The van der Waals surface area contributed by atoms with Crippen LogP contribution in [0.5, 0.6) is 0 Å². The van der Waals surface area contributed by atoms with Crippen LogP contribution in [0.3, 0.4) is 0 Å². The van der Waals surface area contributed by atoms with Gasteiger partial charge in [0.2, 0.25) is 0 Å². The number of aromatic nitrogens is 4. The molecular formula is C30H28N6O2. The molecule has 8 nitrogen and oxygen atoms in total. The first-order chi connectivity index (χ1) is 18.4. The predicted molar refractivity (Wildman–Crippen MR) is 149 cm³/mol. The van der Waals surface area contributed by atoms with E-state index in [-0.39, 0.29) is 11.1 Å². The molecule has 5 rings (SSSR count). The smallest absolute Gasteiger partial charge is 0.280 e. The number of para-hydroxylation sites is 2. The highest BCUT2D eigenvalue weighted by Gasteiger charge is 2.18. The van der Waals surface area contributed by atoms with Gasteiger partial charge in [-0.15, -0.1) is 0 Å². The van der Waals surface area contributed by atoms with Crippen molar-refractivity contribution in [2.24, 2.45) is 0 Å². The molecule has 0 saturated heterocycles. The Kier molecular flexibility index (Phi) is 6.67. The van der Waals surface area contributed by atoms with Crippen molar-refractivity contribution in [2.45, 2.75) is 33.6 Å². The number of nitriles is 1. The number of carbonyl (C=O) groups excluding carboxylic acids is 1. The van der Waals surface area contributed by atoms with Gasteiger partial charge in [0.15, 0.2) is 0 Å². The van der Waals surface area contributed by atoms with Gasteiger partial charge >= 0.3 is 0 Å². The molecule has 0 fully saturated rings. The third kappa shape index (κ3) is 4.39.